The first-order valence-corrected chi connectivity index (χ1v) is 8.50. The van der Waals surface area contributed by atoms with E-state index in [9.17, 15) is 9.59 Å². The summed E-state index contributed by atoms with van der Waals surface area (Å²) >= 11 is 24.4. The number of aryl methyl sites for hydroxylation is 1. The smallest absolute Gasteiger partial charge is 0.340 e. The fourth-order valence-electron chi connectivity index (χ4n) is 2.18. The van der Waals surface area contributed by atoms with Crippen molar-refractivity contribution in [2.24, 2.45) is 0 Å². The summed E-state index contributed by atoms with van der Waals surface area (Å²) in [4.78, 5) is 26.4. The normalized spacial score (nSPS) is 10.5. The van der Waals surface area contributed by atoms with E-state index in [1.54, 1.807) is 19.2 Å². The molecule has 0 aromatic heterocycles. The van der Waals surface area contributed by atoms with Gasteiger partial charge < -0.3 is 9.64 Å². The van der Waals surface area contributed by atoms with Crippen molar-refractivity contribution in [3.8, 4) is 0 Å². The number of carbonyl (C=O) groups excluding carboxylic acids is 2. The lowest BCUT2D eigenvalue weighted by atomic mass is 10.1. The third kappa shape index (κ3) is 3.72. The Hall–Kier alpha value is -1.46. The maximum atomic E-state index is 13.0. The van der Waals surface area contributed by atoms with Crippen molar-refractivity contribution in [3.05, 3.63) is 61.0 Å². The van der Waals surface area contributed by atoms with Gasteiger partial charge in [0.2, 0.25) is 0 Å². The second-order valence-corrected chi connectivity index (χ2v) is 6.71. The van der Waals surface area contributed by atoms with Crippen molar-refractivity contribution in [2.45, 2.75) is 6.92 Å². The molecule has 0 radical (unpaired) electrons. The van der Waals surface area contributed by atoms with E-state index in [-0.39, 0.29) is 31.2 Å². The summed E-state index contributed by atoms with van der Waals surface area (Å²) in [5, 5.41) is -0.589. The molecule has 1 amide bonds. The first-order valence-electron chi connectivity index (χ1n) is 6.99. The number of anilines is 1. The van der Waals surface area contributed by atoms with Crippen LogP contribution in [0.2, 0.25) is 20.1 Å². The van der Waals surface area contributed by atoms with Gasteiger partial charge in [0.15, 0.2) is 0 Å². The van der Waals surface area contributed by atoms with Crippen LogP contribution in [0.5, 0.6) is 0 Å². The number of hydrogen-bond donors (Lipinski definition) is 0. The molecule has 8 heteroatoms. The van der Waals surface area contributed by atoms with Gasteiger partial charge in [-0.25, -0.2) is 4.79 Å². The molecule has 0 fully saturated rings. The molecule has 0 N–H and O–H groups in total. The molecule has 0 aliphatic carbocycles. The number of benzene rings is 2. The van der Waals surface area contributed by atoms with E-state index in [1.807, 2.05) is 19.1 Å². The molecule has 132 valence electrons. The van der Waals surface area contributed by atoms with Gasteiger partial charge in [-0.2, -0.15) is 0 Å². The molecule has 0 bridgehead atoms. The zero-order valence-electron chi connectivity index (χ0n) is 13.5. The predicted molar refractivity (Wildman–Crippen MR) is 102 cm³/mol. The molecule has 0 saturated heterocycles. The summed E-state index contributed by atoms with van der Waals surface area (Å²) < 4.78 is 4.70. The maximum Gasteiger partial charge on any atom is 0.340 e. The van der Waals surface area contributed by atoms with E-state index in [0.29, 0.717) is 5.69 Å². The van der Waals surface area contributed by atoms with Gasteiger partial charge in [-0.3, -0.25) is 4.79 Å². The number of carbonyl (C=O) groups is 2. The highest BCUT2D eigenvalue weighted by molar-refractivity contribution is 6.54. The van der Waals surface area contributed by atoms with Crippen LogP contribution in [0.3, 0.4) is 0 Å². The Morgan fingerprint density at radius 2 is 1.36 bits per heavy atom. The lowest BCUT2D eigenvalue weighted by Gasteiger charge is -2.21. The average Bonchev–Trinajstić information content (AvgIpc) is 2.61. The molecule has 2 aromatic carbocycles. The molecule has 2 aromatic rings. The Labute approximate surface area is 165 Å². The van der Waals surface area contributed by atoms with Crippen LogP contribution in [0, 0.1) is 6.92 Å². The summed E-state index contributed by atoms with van der Waals surface area (Å²) in [6.07, 6.45) is 0. The molecular formula is C17H13Cl4NO3. The van der Waals surface area contributed by atoms with E-state index >= 15 is 0 Å². The van der Waals surface area contributed by atoms with Gasteiger partial charge in [0, 0.05) is 12.7 Å². The van der Waals surface area contributed by atoms with Crippen molar-refractivity contribution >= 4 is 64.0 Å². The monoisotopic (exact) mass is 419 g/mol. The number of ether oxygens (including phenoxy) is 1. The molecular weight excluding hydrogens is 408 g/mol. The zero-order valence-corrected chi connectivity index (χ0v) is 16.5. The summed E-state index contributed by atoms with van der Waals surface area (Å²) in [5.41, 5.74) is 1.24. The van der Waals surface area contributed by atoms with Crippen LogP contribution in [0.15, 0.2) is 24.3 Å². The molecule has 0 spiro atoms. The third-order valence-electron chi connectivity index (χ3n) is 3.60. The highest BCUT2D eigenvalue weighted by atomic mass is 35.5. The lowest BCUT2D eigenvalue weighted by Crippen LogP contribution is -2.29. The van der Waals surface area contributed by atoms with Gasteiger partial charge in [-0.15, -0.1) is 0 Å². The van der Waals surface area contributed by atoms with Crippen LogP contribution in [0.4, 0.5) is 5.69 Å². The van der Waals surface area contributed by atoms with Gasteiger partial charge >= 0.3 is 5.97 Å². The average molecular weight is 421 g/mol. The summed E-state index contributed by atoms with van der Waals surface area (Å²) in [6.45, 7) is 1.93. The van der Waals surface area contributed by atoms with Crippen LogP contribution in [0.25, 0.3) is 0 Å². The van der Waals surface area contributed by atoms with Gasteiger partial charge in [0.05, 0.1) is 38.3 Å². The van der Waals surface area contributed by atoms with E-state index in [4.69, 9.17) is 51.1 Å². The highest BCUT2D eigenvalue weighted by Crippen LogP contribution is 2.42. The summed E-state index contributed by atoms with van der Waals surface area (Å²) in [7, 11) is 2.70. The maximum absolute atomic E-state index is 13.0. The molecule has 0 aliphatic heterocycles. The van der Waals surface area contributed by atoms with Crippen molar-refractivity contribution in [2.75, 3.05) is 19.1 Å². The first kappa shape index (κ1) is 19.9. The SMILES string of the molecule is COC(=O)c1c(Cl)c(Cl)c(Cl)c(Cl)c1C(=O)N(C)c1ccc(C)cc1. The molecule has 0 unspecified atom stereocenters. The molecule has 0 aliphatic rings. The molecule has 25 heavy (non-hydrogen) atoms. The second kappa shape index (κ2) is 7.83. The third-order valence-corrected chi connectivity index (χ3v) is 5.40. The van der Waals surface area contributed by atoms with Gasteiger partial charge in [-0.1, -0.05) is 64.1 Å². The minimum atomic E-state index is -0.842. The lowest BCUT2D eigenvalue weighted by molar-refractivity contribution is 0.0597. The minimum Gasteiger partial charge on any atom is -0.465 e. The van der Waals surface area contributed by atoms with Gasteiger partial charge in [0.1, 0.15) is 0 Å². The summed E-state index contributed by atoms with van der Waals surface area (Å²) in [5.74, 6) is -1.42. The number of esters is 1. The number of hydrogen-bond acceptors (Lipinski definition) is 3. The highest BCUT2D eigenvalue weighted by Gasteiger charge is 2.31. The fourth-order valence-corrected chi connectivity index (χ4v) is 3.19. The van der Waals surface area contributed by atoms with Crippen LogP contribution in [-0.4, -0.2) is 26.0 Å². The Kier molecular flexibility index (Phi) is 6.22. The standard InChI is InChI=1S/C17H13Cl4NO3/c1-8-4-6-9(7-5-8)22(2)16(23)10-11(17(24)25-3)13(19)15(21)14(20)12(10)18/h4-7H,1-3H3. The Morgan fingerprint density at radius 3 is 1.84 bits per heavy atom. The van der Waals surface area contributed by atoms with Crippen LogP contribution < -0.4 is 4.90 Å². The number of rotatable bonds is 3. The van der Waals surface area contributed by atoms with Crippen molar-refractivity contribution in [3.63, 3.8) is 0 Å². The van der Waals surface area contributed by atoms with Gasteiger partial charge in [0.25, 0.3) is 5.91 Å². The Bertz CT molecular complexity index is 850. The van der Waals surface area contributed by atoms with E-state index in [1.165, 1.54) is 4.90 Å². The topological polar surface area (TPSA) is 46.6 Å². The summed E-state index contributed by atoms with van der Waals surface area (Å²) in [6, 6.07) is 7.23. The number of nitrogens with zero attached hydrogens (tertiary/aromatic N) is 1. The molecule has 4 nitrogen and oxygen atoms in total. The Morgan fingerprint density at radius 1 is 0.880 bits per heavy atom. The van der Waals surface area contributed by atoms with Crippen LogP contribution >= 0.6 is 46.4 Å². The quantitative estimate of drug-likeness (QED) is 0.365. The number of methoxy groups -OCH3 is 1. The van der Waals surface area contributed by atoms with E-state index in [2.05, 4.69) is 0 Å². The van der Waals surface area contributed by atoms with Gasteiger partial charge in [-0.05, 0) is 19.1 Å². The predicted octanol–water partition coefficient (Wildman–Crippen LogP) is 5.67. The molecule has 0 heterocycles. The fraction of sp³-hybridized carbons (Fsp3) is 0.176. The van der Waals surface area contributed by atoms with E-state index < -0.39 is 11.9 Å². The minimum absolute atomic E-state index is 0.110. The van der Waals surface area contributed by atoms with Crippen LogP contribution in [-0.2, 0) is 4.74 Å². The van der Waals surface area contributed by atoms with E-state index in [0.717, 1.165) is 12.7 Å². The molecule has 2 rings (SSSR count). The van der Waals surface area contributed by atoms with Crippen molar-refractivity contribution in [1.82, 2.24) is 0 Å². The second-order valence-electron chi connectivity index (χ2n) is 5.20. The molecule has 0 atom stereocenters. The largest absolute Gasteiger partial charge is 0.465 e. The van der Waals surface area contributed by atoms with Crippen LogP contribution in [0.1, 0.15) is 26.3 Å². The number of halogens is 4. The van der Waals surface area contributed by atoms with Crippen molar-refractivity contribution in [1.29, 1.82) is 0 Å². The van der Waals surface area contributed by atoms with Crippen molar-refractivity contribution < 1.29 is 14.3 Å². The first-order chi connectivity index (χ1) is 11.7. The number of amides is 1. The zero-order chi connectivity index (χ0) is 18.9. The Balaban J connectivity index is 2.66. The molecule has 0 saturated carbocycles.